The van der Waals surface area contributed by atoms with E-state index in [9.17, 15) is 8.42 Å². The third-order valence-electron chi connectivity index (χ3n) is 3.56. The molecule has 0 atom stereocenters. The van der Waals surface area contributed by atoms with Crippen molar-refractivity contribution < 1.29 is 8.42 Å². The minimum Gasteiger partial charge on any atom is -0.311 e. The molecule has 126 valence electrons. The summed E-state index contributed by atoms with van der Waals surface area (Å²) in [6, 6.07) is 14.7. The highest BCUT2D eigenvalue weighted by Crippen LogP contribution is 2.10. The van der Waals surface area contributed by atoms with Crippen molar-refractivity contribution in [2.75, 3.05) is 13.1 Å². The molecule has 0 aliphatic rings. The lowest BCUT2D eigenvalue weighted by Gasteiger charge is -2.08. The normalized spacial score (nSPS) is 11.2. The molecule has 2 aromatic rings. The maximum absolute atomic E-state index is 12.2. The van der Waals surface area contributed by atoms with Crippen LogP contribution in [0.3, 0.4) is 0 Å². The zero-order chi connectivity index (χ0) is 17.4. The highest BCUT2D eigenvalue weighted by atomic mass is 32.2. The van der Waals surface area contributed by atoms with Crippen LogP contribution in [0, 0.1) is 0 Å². The molecule has 2 aromatic carbocycles. The predicted molar refractivity (Wildman–Crippen MR) is 100.0 cm³/mol. The highest BCUT2D eigenvalue weighted by molar-refractivity contribution is 7.89. The van der Waals surface area contributed by atoms with Gasteiger partial charge in [0.2, 0.25) is 10.0 Å². The van der Waals surface area contributed by atoms with Crippen LogP contribution in [0.15, 0.2) is 66.6 Å². The molecule has 0 unspecified atom stereocenters. The Hall–Kier alpha value is -2.21. The van der Waals surface area contributed by atoms with E-state index in [1.165, 1.54) is 0 Å². The SMILES string of the molecule is C=Cc1ccc(CNCCNS(=O)(=O)c2ccc(C=C)cc2)cc1. The van der Waals surface area contributed by atoms with Gasteiger partial charge in [-0.25, -0.2) is 13.1 Å². The Morgan fingerprint density at radius 3 is 1.92 bits per heavy atom. The smallest absolute Gasteiger partial charge is 0.240 e. The largest absolute Gasteiger partial charge is 0.311 e. The summed E-state index contributed by atoms with van der Waals surface area (Å²) in [4.78, 5) is 0.258. The van der Waals surface area contributed by atoms with Gasteiger partial charge in [-0.15, -0.1) is 0 Å². The summed E-state index contributed by atoms with van der Waals surface area (Å²) in [5, 5.41) is 3.22. The van der Waals surface area contributed by atoms with Crippen molar-refractivity contribution in [1.82, 2.24) is 10.0 Å². The maximum Gasteiger partial charge on any atom is 0.240 e. The monoisotopic (exact) mass is 342 g/mol. The molecule has 0 spiro atoms. The van der Waals surface area contributed by atoms with Crippen LogP contribution in [-0.4, -0.2) is 21.5 Å². The Morgan fingerprint density at radius 1 is 0.833 bits per heavy atom. The van der Waals surface area contributed by atoms with Crippen LogP contribution in [0.1, 0.15) is 16.7 Å². The maximum atomic E-state index is 12.2. The van der Waals surface area contributed by atoms with Crippen molar-refractivity contribution >= 4 is 22.2 Å². The Labute approximate surface area is 144 Å². The molecule has 0 aliphatic heterocycles. The zero-order valence-corrected chi connectivity index (χ0v) is 14.4. The van der Waals surface area contributed by atoms with Crippen molar-refractivity contribution in [2.24, 2.45) is 0 Å². The second-order valence-electron chi connectivity index (χ2n) is 5.29. The van der Waals surface area contributed by atoms with Gasteiger partial charge in [0.05, 0.1) is 4.90 Å². The molecule has 5 heteroatoms. The number of hydrogen-bond acceptors (Lipinski definition) is 3. The lowest BCUT2D eigenvalue weighted by Crippen LogP contribution is -2.31. The van der Waals surface area contributed by atoms with Gasteiger partial charge in [-0.05, 0) is 28.8 Å². The second kappa shape index (κ2) is 8.59. The van der Waals surface area contributed by atoms with Crippen LogP contribution in [0.4, 0.5) is 0 Å². The van der Waals surface area contributed by atoms with Crippen LogP contribution < -0.4 is 10.0 Å². The van der Waals surface area contributed by atoms with Crippen LogP contribution in [0.5, 0.6) is 0 Å². The van der Waals surface area contributed by atoms with Crippen molar-refractivity contribution in [2.45, 2.75) is 11.4 Å². The van der Waals surface area contributed by atoms with Crippen molar-refractivity contribution in [1.29, 1.82) is 0 Å². The summed E-state index contributed by atoms with van der Waals surface area (Å²) in [6.45, 7) is 8.93. The fourth-order valence-corrected chi connectivity index (χ4v) is 3.18. The first-order valence-electron chi connectivity index (χ1n) is 7.69. The van der Waals surface area contributed by atoms with Crippen molar-refractivity contribution in [3.05, 3.63) is 78.4 Å². The average Bonchev–Trinajstić information content (AvgIpc) is 2.62. The molecule has 0 saturated carbocycles. The highest BCUT2D eigenvalue weighted by Gasteiger charge is 2.12. The lowest BCUT2D eigenvalue weighted by atomic mass is 10.1. The minimum absolute atomic E-state index is 0.258. The Bertz CT molecular complexity index is 779. The standard InChI is InChI=1S/C19H22N2O2S/c1-3-16-5-7-18(8-6-16)15-20-13-14-21-24(22,23)19-11-9-17(4-2)10-12-19/h3-12,20-21H,1-2,13-15H2. The van der Waals surface area contributed by atoms with Gasteiger partial charge in [-0.3, -0.25) is 0 Å². The van der Waals surface area contributed by atoms with Crippen molar-refractivity contribution in [3.8, 4) is 0 Å². The molecule has 0 bridgehead atoms. The molecule has 0 radical (unpaired) electrons. The van der Waals surface area contributed by atoms with E-state index < -0.39 is 10.0 Å². The molecule has 24 heavy (non-hydrogen) atoms. The Kier molecular flexibility index (Phi) is 6.49. The molecular weight excluding hydrogens is 320 g/mol. The third-order valence-corrected chi connectivity index (χ3v) is 5.04. The molecule has 4 nitrogen and oxygen atoms in total. The zero-order valence-electron chi connectivity index (χ0n) is 13.5. The molecular formula is C19H22N2O2S. The summed E-state index contributed by atoms with van der Waals surface area (Å²) in [6.07, 6.45) is 3.48. The molecule has 0 saturated heterocycles. The quantitative estimate of drug-likeness (QED) is 0.689. The first-order valence-corrected chi connectivity index (χ1v) is 9.18. The fourth-order valence-electron chi connectivity index (χ4n) is 2.14. The molecule has 0 heterocycles. The summed E-state index contributed by atoms with van der Waals surface area (Å²) >= 11 is 0. The number of sulfonamides is 1. The summed E-state index contributed by atoms with van der Waals surface area (Å²) < 4.78 is 26.9. The topological polar surface area (TPSA) is 58.2 Å². The number of nitrogens with one attached hydrogen (secondary N) is 2. The molecule has 0 fully saturated rings. The number of benzene rings is 2. The van der Waals surface area contributed by atoms with Gasteiger partial charge >= 0.3 is 0 Å². The molecule has 2 rings (SSSR count). The molecule has 0 aliphatic carbocycles. The van der Waals surface area contributed by atoms with Gasteiger partial charge < -0.3 is 5.32 Å². The van der Waals surface area contributed by atoms with E-state index in [1.807, 2.05) is 24.3 Å². The van der Waals surface area contributed by atoms with E-state index in [0.717, 1.165) is 16.7 Å². The van der Waals surface area contributed by atoms with Gasteiger partial charge in [0.25, 0.3) is 0 Å². The summed E-state index contributed by atoms with van der Waals surface area (Å²) in [5.74, 6) is 0. The van der Waals surface area contributed by atoms with Crippen LogP contribution in [0.2, 0.25) is 0 Å². The van der Waals surface area contributed by atoms with Gasteiger partial charge in [0.15, 0.2) is 0 Å². The minimum atomic E-state index is -3.47. The van der Waals surface area contributed by atoms with E-state index in [4.69, 9.17) is 0 Å². The number of rotatable bonds is 9. The average molecular weight is 342 g/mol. The first kappa shape index (κ1) is 18.1. The van der Waals surface area contributed by atoms with Gasteiger partial charge in [-0.1, -0.05) is 61.7 Å². The number of hydrogen-bond donors (Lipinski definition) is 2. The van der Waals surface area contributed by atoms with E-state index >= 15 is 0 Å². The first-order chi connectivity index (χ1) is 11.5. The summed E-state index contributed by atoms with van der Waals surface area (Å²) in [5.41, 5.74) is 3.11. The lowest BCUT2D eigenvalue weighted by molar-refractivity contribution is 0.576. The van der Waals surface area contributed by atoms with E-state index in [1.54, 1.807) is 36.4 Å². The summed E-state index contributed by atoms with van der Waals surface area (Å²) in [7, 11) is -3.47. The molecule has 0 amide bonds. The predicted octanol–water partition coefficient (Wildman–Crippen LogP) is 3.04. The Morgan fingerprint density at radius 2 is 1.38 bits per heavy atom. The Balaban J connectivity index is 1.77. The van der Waals surface area contributed by atoms with Gasteiger partial charge in [0.1, 0.15) is 0 Å². The van der Waals surface area contributed by atoms with Crippen LogP contribution in [-0.2, 0) is 16.6 Å². The second-order valence-corrected chi connectivity index (χ2v) is 7.06. The van der Waals surface area contributed by atoms with Crippen LogP contribution in [0.25, 0.3) is 12.2 Å². The van der Waals surface area contributed by atoms with Gasteiger partial charge in [0, 0.05) is 19.6 Å². The van der Waals surface area contributed by atoms with E-state index in [2.05, 4.69) is 23.2 Å². The molecule has 0 aromatic heterocycles. The van der Waals surface area contributed by atoms with Crippen molar-refractivity contribution in [3.63, 3.8) is 0 Å². The van der Waals surface area contributed by atoms with E-state index in [0.29, 0.717) is 19.6 Å². The third kappa shape index (κ3) is 5.16. The fraction of sp³-hybridized carbons (Fsp3) is 0.158. The van der Waals surface area contributed by atoms with Gasteiger partial charge in [-0.2, -0.15) is 0 Å². The molecule has 2 N–H and O–H groups in total. The van der Waals surface area contributed by atoms with Crippen LogP contribution >= 0.6 is 0 Å². The van der Waals surface area contributed by atoms with E-state index in [-0.39, 0.29) is 4.90 Å².